The second-order valence-corrected chi connectivity index (χ2v) is 5.79. The fourth-order valence-electron chi connectivity index (χ4n) is 3.11. The Balaban J connectivity index is 1.71. The van der Waals surface area contributed by atoms with Gasteiger partial charge in [0.15, 0.2) is 0 Å². The van der Waals surface area contributed by atoms with Gasteiger partial charge in [-0.25, -0.2) is 0 Å². The van der Waals surface area contributed by atoms with Crippen LogP contribution >= 0.6 is 0 Å². The maximum absolute atomic E-state index is 11.6. The molecule has 1 saturated heterocycles. The van der Waals surface area contributed by atoms with Crippen molar-refractivity contribution in [2.24, 2.45) is 0 Å². The first-order valence-corrected chi connectivity index (χ1v) is 8.06. The van der Waals surface area contributed by atoms with E-state index in [-0.39, 0.29) is 18.2 Å². The molecule has 0 saturated carbocycles. The molecule has 2 aromatic rings. The van der Waals surface area contributed by atoms with Gasteiger partial charge in [-0.1, -0.05) is 36.4 Å². The number of hydrogen-bond donors (Lipinski definition) is 0. The fourth-order valence-corrected chi connectivity index (χ4v) is 3.11. The zero-order valence-electron chi connectivity index (χ0n) is 13.0. The van der Waals surface area contributed by atoms with Crippen molar-refractivity contribution in [2.45, 2.75) is 44.8 Å². The first-order valence-electron chi connectivity index (χ1n) is 8.06. The molecule has 1 fully saturated rings. The number of carbonyl (C=O) groups excluding carboxylic acids is 1. The van der Waals surface area contributed by atoms with Crippen molar-refractivity contribution in [1.82, 2.24) is 0 Å². The first-order chi connectivity index (χ1) is 10.8. The Morgan fingerprint density at radius 2 is 2.00 bits per heavy atom. The van der Waals surface area contributed by atoms with Crippen LogP contribution in [0.15, 0.2) is 42.5 Å². The second kappa shape index (κ2) is 6.93. The maximum Gasteiger partial charge on any atom is 0.308 e. The summed E-state index contributed by atoms with van der Waals surface area (Å²) in [7, 11) is 0. The lowest BCUT2D eigenvalue weighted by atomic mass is 9.95. The third kappa shape index (κ3) is 3.47. The van der Waals surface area contributed by atoms with E-state index >= 15 is 0 Å². The van der Waals surface area contributed by atoms with Crippen LogP contribution in [0.4, 0.5) is 0 Å². The predicted octanol–water partition coefficient (Wildman–Crippen LogP) is 4.40. The molecule has 2 aromatic carbocycles. The molecular weight excluding hydrogens is 276 g/mol. The summed E-state index contributed by atoms with van der Waals surface area (Å²) >= 11 is 0. The number of hydrogen-bond acceptors (Lipinski definition) is 3. The molecule has 0 radical (unpaired) electrons. The lowest BCUT2D eigenvalue weighted by Gasteiger charge is -2.30. The summed E-state index contributed by atoms with van der Waals surface area (Å²) in [6.45, 7) is 2.26. The van der Waals surface area contributed by atoms with Gasteiger partial charge in [-0.2, -0.15) is 0 Å². The standard InChI is InChI=1S/C19H22O3/c1-2-21-19(20)13-17-8-5-9-18(22-17)16-11-10-14-6-3-4-7-15(14)12-16/h3-4,6-7,10-12,17-18H,2,5,8-9,13H2,1H3/t17-,18+/m1/s1. The lowest BCUT2D eigenvalue weighted by Crippen LogP contribution is -2.25. The first kappa shape index (κ1) is 15.0. The van der Waals surface area contributed by atoms with E-state index in [1.54, 1.807) is 0 Å². The van der Waals surface area contributed by atoms with E-state index in [1.807, 2.05) is 6.92 Å². The Labute approximate surface area is 131 Å². The van der Waals surface area contributed by atoms with Gasteiger partial charge in [0, 0.05) is 0 Å². The number of fused-ring (bicyclic) bond motifs is 1. The summed E-state index contributed by atoms with van der Waals surface area (Å²) in [5.41, 5.74) is 1.20. The monoisotopic (exact) mass is 298 g/mol. The minimum Gasteiger partial charge on any atom is -0.466 e. The van der Waals surface area contributed by atoms with Gasteiger partial charge in [-0.15, -0.1) is 0 Å². The highest BCUT2D eigenvalue weighted by Crippen LogP contribution is 2.33. The molecule has 116 valence electrons. The van der Waals surface area contributed by atoms with Crippen LogP contribution < -0.4 is 0 Å². The van der Waals surface area contributed by atoms with Crippen molar-refractivity contribution >= 4 is 16.7 Å². The van der Waals surface area contributed by atoms with Crippen LogP contribution in [0.25, 0.3) is 10.8 Å². The third-order valence-electron chi connectivity index (χ3n) is 4.19. The van der Waals surface area contributed by atoms with Crippen LogP contribution in [0.2, 0.25) is 0 Å². The molecule has 0 aliphatic carbocycles. The summed E-state index contributed by atoms with van der Waals surface area (Å²) in [4.78, 5) is 11.6. The molecule has 0 unspecified atom stereocenters. The summed E-state index contributed by atoms with van der Waals surface area (Å²) in [6, 6.07) is 14.8. The fraction of sp³-hybridized carbons (Fsp3) is 0.421. The van der Waals surface area contributed by atoms with Crippen molar-refractivity contribution in [3.63, 3.8) is 0 Å². The van der Waals surface area contributed by atoms with Gasteiger partial charge in [0.25, 0.3) is 0 Å². The molecule has 3 heteroatoms. The molecule has 0 spiro atoms. The molecule has 22 heavy (non-hydrogen) atoms. The quantitative estimate of drug-likeness (QED) is 0.785. The number of esters is 1. The topological polar surface area (TPSA) is 35.5 Å². The molecule has 1 aliphatic rings. The third-order valence-corrected chi connectivity index (χ3v) is 4.19. The molecule has 3 nitrogen and oxygen atoms in total. The molecular formula is C19H22O3. The summed E-state index contributed by atoms with van der Waals surface area (Å²) < 4.78 is 11.2. The highest BCUT2D eigenvalue weighted by Gasteiger charge is 2.26. The molecule has 0 N–H and O–H groups in total. The zero-order chi connectivity index (χ0) is 15.4. The van der Waals surface area contributed by atoms with Crippen LogP contribution in [0, 0.1) is 0 Å². The van der Waals surface area contributed by atoms with Gasteiger partial charge in [-0.3, -0.25) is 4.79 Å². The van der Waals surface area contributed by atoms with E-state index in [1.165, 1.54) is 16.3 Å². The van der Waals surface area contributed by atoms with Crippen molar-refractivity contribution in [3.05, 3.63) is 48.0 Å². The number of benzene rings is 2. The smallest absolute Gasteiger partial charge is 0.308 e. The van der Waals surface area contributed by atoms with Crippen LogP contribution in [-0.2, 0) is 14.3 Å². The molecule has 1 aliphatic heterocycles. The van der Waals surface area contributed by atoms with Crippen LogP contribution in [0.1, 0.15) is 44.3 Å². The van der Waals surface area contributed by atoms with E-state index in [0.717, 1.165) is 19.3 Å². The van der Waals surface area contributed by atoms with E-state index in [2.05, 4.69) is 42.5 Å². The Hall–Kier alpha value is -1.87. The zero-order valence-corrected chi connectivity index (χ0v) is 13.0. The van der Waals surface area contributed by atoms with E-state index in [9.17, 15) is 4.79 Å². The largest absolute Gasteiger partial charge is 0.466 e. The van der Waals surface area contributed by atoms with Gasteiger partial charge < -0.3 is 9.47 Å². The molecule has 0 amide bonds. The highest BCUT2D eigenvalue weighted by molar-refractivity contribution is 5.83. The SMILES string of the molecule is CCOC(=O)C[C@H]1CCC[C@@H](c2ccc3ccccc3c2)O1. The Bertz CT molecular complexity index is 650. The predicted molar refractivity (Wildman–Crippen MR) is 86.7 cm³/mol. The van der Waals surface area contributed by atoms with E-state index < -0.39 is 0 Å². The molecule has 0 bridgehead atoms. The molecule has 0 aromatic heterocycles. The van der Waals surface area contributed by atoms with E-state index in [4.69, 9.17) is 9.47 Å². The normalized spacial score (nSPS) is 21.7. The number of rotatable bonds is 4. The second-order valence-electron chi connectivity index (χ2n) is 5.79. The van der Waals surface area contributed by atoms with Crippen LogP contribution in [0.5, 0.6) is 0 Å². The minimum atomic E-state index is -0.160. The maximum atomic E-state index is 11.6. The lowest BCUT2D eigenvalue weighted by molar-refractivity contribution is -0.149. The van der Waals surface area contributed by atoms with Crippen LogP contribution in [0.3, 0.4) is 0 Å². The summed E-state index contributed by atoms with van der Waals surface area (Å²) in [6.07, 6.45) is 3.45. The number of carbonyl (C=O) groups is 1. The highest BCUT2D eigenvalue weighted by atomic mass is 16.5. The Kier molecular flexibility index (Phi) is 4.74. The summed E-state index contributed by atoms with van der Waals surface area (Å²) in [5.74, 6) is -0.160. The van der Waals surface area contributed by atoms with Gasteiger partial charge >= 0.3 is 5.97 Å². The Morgan fingerprint density at radius 1 is 1.18 bits per heavy atom. The van der Waals surface area contributed by atoms with Crippen LogP contribution in [-0.4, -0.2) is 18.7 Å². The molecule has 1 heterocycles. The molecule has 2 atom stereocenters. The number of ether oxygens (including phenoxy) is 2. The van der Waals surface area contributed by atoms with Gasteiger partial charge in [0.1, 0.15) is 0 Å². The van der Waals surface area contributed by atoms with Crippen molar-refractivity contribution in [2.75, 3.05) is 6.61 Å². The van der Waals surface area contributed by atoms with Crippen molar-refractivity contribution in [1.29, 1.82) is 0 Å². The minimum absolute atomic E-state index is 0.0238. The average molecular weight is 298 g/mol. The van der Waals surface area contributed by atoms with Crippen molar-refractivity contribution in [3.8, 4) is 0 Å². The average Bonchev–Trinajstić information content (AvgIpc) is 2.55. The van der Waals surface area contributed by atoms with Gasteiger partial charge in [0.05, 0.1) is 25.2 Å². The van der Waals surface area contributed by atoms with Gasteiger partial charge in [0.2, 0.25) is 0 Å². The molecule has 3 rings (SSSR count). The van der Waals surface area contributed by atoms with E-state index in [0.29, 0.717) is 13.0 Å². The Morgan fingerprint density at radius 3 is 2.82 bits per heavy atom. The summed E-state index contributed by atoms with van der Waals surface area (Å²) in [5, 5.41) is 2.47. The van der Waals surface area contributed by atoms with Gasteiger partial charge in [-0.05, 0) is 48.6 Å². The van der Waals surface area contributed by atoms with Crippen molar-refractivity contribution < 1.29 is 14.3 Å².